The molecule has 1 amide bonds. The maximum atomic E-state index is 11.9. The summed E-state index contributed by atoms with van der Waals surface area (Å²) < 4.78 is 10.7. The average molecular weight is 316 g/mol. The van der Waals surface area contributed by atoms with E-state index in [2.05, 4.69) is 20.4 Å². The van der Waals surface area contributed by atoms with Gasteiger partial charge in [-0.25, -0.2) is 0 Å². The molecule has 0 saturated carbocycles. The summed E-state index contributed by atoms with van der Waals surface area (Å²) in [4.78, 5) is 14.0. The van der Waals surface area contributed by atoms with Crippen LogP contribution in [0, 0.1) is 0 Å². The van der Waals surface area contributed by atoms with Gasteiger partial charge in [0.15, 0.2) is 0 Å². The van der Waals surface area contributed by atoms with Crippen LogP contribution < -0.4 is 10.2 Å². The Bertz CT molecular complexity index is 638. The Morgan fingerprint density at radius 2 is 2.04 bits per heavy atom. The summed E-state index contributed by atoms with van der Waals surface area (Å²) in [6, 6.07) is 9.59. The predicted octanol–water partition coefficient (Wildman–Crippen LogP) is 1.52. The number of hydrogen-bond donors (Lipinski definition) is 1. The van der Waals surface area contributed by atoms with Crippen molar-refractivity contribution in [1.29, 1.82) is 0 Å². The molecular formula is C16H20N4O3. The highest BCUT2D eigenvalue weighted by atomic mass is 16.5. The molecule has 2 aromatic rings. The van der Waals surface area contributed by atoms with Crippen LogP contribution in [0.15, 0.2) is 34.7 Å². The van der Waals surface area contributed by atoms with Gasteiger partial charge in [-0.1, -0.05) is 35.4 Å². The summed E-state index contributed by atoms with van der Waals surface area (Å²) in [5, 5.41) is 11.1. The summed E-state index contributed by atoms with van der Waals surface area (Å²) in [6.07, 6.45) is 2.26. The molecule has 23 heavy (non-hydrogen) atoms. The number of hydrogen-bond acceptors (Lipinski definition) is 6. The minimum Gasteiger partial charge on any atom is -0.405 e. The standard InChI is InChI=1S/C16H20N4O3/c1-22-11-13(21)17-14(12-7-3-2-4-8-12)15-18-19-16(23-15)20-9-5-6-10-20/h2-4,7-8,14H,5-6,9-11H2,1H3,(H,17,21)/t14-/m1/s1. The smallest absolute Gasteiger partial charge is 0.318 e. The van der Waals surface area contributed by atoms with Crippen molar-refractivity contribution in [2.75, 3.05) is 31.7 Å². The highest BCUT2D eigenvalue weighted by Gasteiger charge is 2.25. The molecule has 1 saturated heterocycles. The van der Waals surface area contributed by atoms with E-state index in [9.17, 15) is 4.79 Å². The number of rotatable bonds is 6. The van der Waals surface area contributed by atoms with E-state index >= 15 is 0 Å². The predicted molar refractivity (Wildman–Crippen MR) is 84.0 cm³/mol. The van der Waals surface area contributed by atoms with Crippen molar-refractivity contribution >= 4 is 11.9 Å². The molecule has 1 fully saturated rings. The Labute approximate surface area is 134 Å². The van der Waals surface area contributed by atoms with Gasteiger partial charge in [0.2, 0.25) is 11.8 Å². The molecular weight excluding hydrogens is 296 g/mol. The maximum Gasteiger partial charge on any atom is 0.318 e. The first-order valence-corrected chi connectivity index (χ1v) is 7.69. The van der Waals surface area contributed by atoms with E-state index in [1.165, 1.54) is 7.11 Å². The van der Waals surface area contributed by atoms with Crippen LogP contribution in [0.25, 0.3) is 0 Å². The molecule has 1 aromatic carbocycles. The van der Waals surface area contributed by atoms with Crippen LogP contribution in [0.3, 0.4) is 0 Å². The highest BCUT2D eigenvalue weighted by Crippen LogP contribution is 2.25. The van der Waals surface area contributed by atoms with Crippen molar-refractivity contribution in [2.24, 2.45) is 0 Å². The fourth-order valence-electron chi connectivity index (χ4n) is 2.65. The molecule has 0 aliphatic carbocycles. The van der Waals surface area contributed by atoms with Gasteiger partial charge in [0, 0.05) is 20.2 Å². The lowest BCUT2D eigenvalue weighted by atomic mass is 10.1. The zero-order valence-corrected chi connectivity index (χ0v) is 13.1. The van der Waals surface area contributed by atoms with Gasteiger partial charge in [0.1, 0.15) is 12.6 Å². The molecule has 1 aliphatic heterocycles. The molecule has 2 heterocycles. The quantitative estimate of drug-likeness (QED) is 0.870. The Balaban J connectivity index is 1.84. The molecule has 1 aliphatic rings. The highest BCUT2D eigenvalue weighted by molar-refractivity contribution is 5.78. The van der Waals surface area contributed by atoms with Crippen LogP contribution in [0.1, 0.15) is 30.3 Å². The fourth-order valence-corrected chi connectivity index (χ4v) is 2.65. The zero-order chi connectivity index (χ0) is 16.1. The maximum absolute atomic E-state index is 11.9. The van der Waals surface area contributed by atoms with E-state index in [1.807, 2.05) is 30.3 Å². The van der Waals surface area contributed by atoms with Gasteiger partial charge in [-0.05, 0) is 18.4 Å². The average Bonchev–Trinajstić information content (AvgIpc) is 3.25. The number of amides is 1. The first-order valence-electron chi connectivity index (χ1n) is 7.69. The summed E-state index contributed by atoms with van der Waals surface area (Å²) in [7, 11) is 1.48. The molecule has 1 atom stereocenters. The number of nitrogens with one attached hydrogen (secondary N) is 1. The van der Waals surface area contributed by atoms with E-state index in [1.54, 1.807) is 0 Å². The molecule has 0 unspecified atom stereocenters. The minimum absolute atomic E-state index is 0.0174. The van der Waals surface area contributed by atoms with E-state index in [-0.39, 0.29) is 12.5 Å². The van der Waals surface area contributed by atoms with Gasteiger partial charge in [-0.2, -0.15) is 0 Å². The van der Waals surface area contributed by atoms with Crippen LogP contribution in [0.4, 0.5) is 6.01 Å². The number of methoxy groups -OCH3 is 1. The van der Waals surface area contributed by atoms with Gasteiger partial charge in [0.25, 0.3) is 0 Å². The zero-order valence-electron chi connectivity index (χ0n) is 13.1. The van der Waals surface area contributed by atoms with Gasteiger partial charge in [0.05, 0.1) is 0 Å². The van der Waals surface area contributed by atoms with Crippen LogP contribution in [0.5, 0.6) is 0 Å². The second-order valence-corrected chi connectivity index (χ2v) is 5.46. The van der Waals surface area contributed by atoms with Crippen molar-refractivity contribution in [2.45, 2.75) is 18.9 Å². The third-order valence-electron chi connectivity index (χ3n) is 3.77. The largest absolute Gasteiger partial charge is 0.405 e. The molecule has 3 rings (SSSR count). The number of benzene rings is 1. The lowest BCUT2D eigenvalue weighted by molar-refractivity contribution is -0.125. The lowest BCUT2D eigenvalue weighted by Crippen LogP contribution is -2.32. The van der Waals surface area contributed by atoms with E-state index in [0.29, 0.717) is 11.9 Å². The van der Waals surface area contributed by atoms with E-state index in [0.717, 1.165) is 31.5 Å². The fraction of sp³-hybridized carbons (Fsp3) is 0.438. The van der Waals surface area contributed by atoms with Crippen LogP contribution >= 0.6 is 0 Å². The number of ether oxygens (including phenoxy) is 1. The lowest BCUT2D eigenvalue weighted by Gasteiger charge is -2.16. The Morgan fingerprint density at radius 1 is 1.30 bits per heavy atom. The first-order chi connectivity index (χ1) is 11.3. The summed E-state index contributed by atoms with van der Waals surface area (Å²) >= 11 is 0. The Kier molecular flexibility index (Phi) is 4.87. The van der Waals surface area contributed by atoms with Crippen molar-refractivity contribution < 1.29 is 13.9 Å². The van der Waals surface area contributed by atoms with Gasteiger partial charge < -0.3 is 19.4 Å². The SMILES string of the molecule is COCC(=O)N[C@H](c1ccccc1)c1nnc(N2CCCC2)o1. The minimum atomic E-state index is -0.484. The molecule has 122 valence electrons. The molecule has 1 N–H and O–H groups in total. The van der Waals surface area contributed by atoms with Crippen LogP contribution in [-0.2, 0) is 9.53 Å². The summed E-state index contributed by atoms with van der Waals surface area (Å²) in [5.41, 5.74) is 0.883. The number of nitrogens with zero attached hydrogens (tertiary/aromatic N) is 3. The number of anilines is 1. The van der Waals surface area contributed by atoms with Crippen LogP contribution in [0.2, 0.25) is 0 Å². The monoisotopic (exact) mass is 316 g/mol. The van der Waals surface area contributed by atoms with E-state index in [4.69, 9.17) is 9.15 Å². The van der Waals surface area contributed by atoms with Gasteiger partial charge in [-0.3, -0.25) is 4.79 Å². The number of carbonyl (C=O) groups excluding carboxylic acids is 1. The third-order valence-corrected chi connectivity index (χ3v) is 3.77. The third kappa shape index (κ3) is 3.68. The number of aromatic nitrogens is 2. The first kappa shape index (κ1) is 15.5. The number of carbonyl (C=O) groups is 1. The molecule has 0 radical (unpaired) electrons. The topological polar surface area (TPSA) is 80.5 Å². The molecule has 0 spiro atoms. The summed E-state index contributed by atoms with van der Waals surface area (Å²) in [6.45, 7) is 1.83. The second kappa shape index (κ2) is 7.23. The molecule has 1 aromatic heterocycles. The molecule has 7 nitrogen and oxygen atoms in total. The Hall–Kier alpha value is -2.41. The van der Waals surface area contributed by atoms with Gasteiger partial charge in [-0.15, -0.1) is 5.10 Å². The van der Waals surface area contributed by atoms with Crippen LogP contribution in [-0.4, -0.2) is 42.9 Å². The van der Waals surface area contributed by atoms with Crippen molar-refractivity contribution in [3.8, 4) is 0 Å². The van der Waals surface area contributed by atoms with E-state index < -0.39 is 6.04 Å². The molecule has 0 bridgehead atoms. The van der Waals surface area contributed by atoms with Crippen molar-refractivity contribution in [1.82, 2.24) is 15.5 Å². The molecule has 7 heteroatoms. The Morgan fingerprint density at radius 3 is 2.74 bits per heavy atom. The van der Waals surface area contributed by atoms with Crippen molar-refractivity contribution in [3.63, 3.8) is 0 Å². The summed E-state index contributed by atoms with van der Waals surface area (Å²) in [5.74, 6) is 0.143. The normalized spacial score (nSPS) is 15.6. The van der Waals surface area contributed by atoms with Crippen molar-refractivity contribution in [3.05, 3.63) is 41.8 Å². The second-order valence-electron chi connectivity index (χ2n) is 5.46. The van der Waals surface area contributed by atoms with Gasteiger partial charge >= 0.3 is 6.01 Å².